The van der Waals surface area contributed by atoms with E-state index in [4.69, 9.17) is 0 Å². The monoisotopic (exact) mass is 210 g/mol. The molecular formula is C6H2F4N2O2. The minimum absolute atomic E-state index is 0.274. The van der Waals surface area contributed by atoms with Crippen molar-refractivity contribution in [3.8, 4) is 0 Å². The van der Waals surface area contributed by atoms with Crippen LogP contribution in [0.2, 0.25) is 0 Å². The molecule has 1 heterocycles. The second-order valence-corrected chi connectivity index (χ2v) is 2.27. The van der Waals surface area contributed by atoms with Crippen LogP contribution in [0.5, 0.6) is 0 Å². The summed E-state index contributed by atoms with van der Waals surface area (Å²) in [4.78, 5) is 11.7. The highest BCUT2D eigenvalue weighted by molar-refractivity contribution is 5.39. The highest BCUT2D eigenvalue weighted by Gasteiger charge is 2.41. The Labute approximate surface area is 74.3 Å². The minimum atomic E-state index is -5.10. The second kappa shape index (κ2) is 3.20. The van der Waals surface area contributed by atoms with Crippen LogP contribution in [0.15, 0.2) is 12.4 Å². The van der Waals surface area contributed by atoms with Gasteiger partial charge < -0.3 is 0 Å². The molecule has 0 aliphatic heterocycles. The van der Waals surface area contributed by atoms with Gasteiger partial charge in [-0.15, -0.1) is 0 Å². The predicted octanol–water partition coefficient (Wildman–Crippen LogP) is 2.15. The summed E-state index contributed by atoms with van der Waals surface area (Å²) in [5.41, 5.74) is -3.30. The fourth-order valence-corrected chi connectivity index (χ4v) is 0.844. The number of halogens is 4. The molecule has 1 aromatic heterocycles. The van der Waals surface area contributed by atoms with Gasteiger partial charge in [-0.3, -0.25) is 15.1 Å². The third-order valence-electron chi connectivity index (χ3n) is 1.36. The van der Waals surface area contributed by atoms with Crippen LogP contribution in [0.1, 0.15) is 5.56 Å². The van der Waals surface area contributed by atoms with Gasteiger partial charge in [-0.25, -0.2) is 4.39 Å². The summed E-state index contributed by atoms with van der Waals surface area (Å²) < 4.78 is 48.9. The number of hydrogen-bond acceptors (Lipinski definition) is 3. The molecular weight excluding hydrogens is 208 g/mol. The van der Waals surface area contributed by atoms with Gasteiger partial charge in [-0.1, -0.05) is 0 Å². The average molecular weight is 210 g/mol. The van der Waals surface area contributed by atoms with Gasteiger partial charge in [0.1, 0.15) is 6.20 Å². The van der Waals surface area contributed by atoms with E-state index in [1.807, 2.05) is 0 Å². The predicted molar refractivity (Wildman–Crippen MR) is 35.9 cm³/mol. The SMILES string of the molecule is O=[N+]([O-])c1cncc(F)c1C(F)(F)F. The summed E-state index contributed by atoms with van der Waals surface area (Å²) in [6, 6.07) is 0. The Hall–Kier alpha value is -1.73. The lowest BCUT2D eigenvalue weighted by atomic mass is 10.2. The Morgan fingerprint density at radius 2 is 1.93 bits per heavy atom. The van der Waals surface area contributed by atoms with Gasteiger partial charge in [0.15, 0.2) is 11.4 Å². The largest absolute Gasteiger partial charge is 0.425 e. The maximum Gasteiger partial charge on any atom is 0.425 e. The van der Waals surface area contributed by atoms with E-state index < -0.39 is 28.2 Å². The molecule has 0 aliphatic rings. The van der Waals surface area contributed by atoms with E-state index in [-0.39, 0.29) is 6.20 Å². The van der Waals surface area contributed by atoms with E-state index in [0.29, 0.717) is 6.20 Å². The molecule has 1 aromatic rings. The Morgan fingerprint density at radius 1 is 1.36 bits per heavy atom. The molecule has 14 heavy (non-hydrogen) atoms. The number of nitrogens with zero attached hydrogens (tertiary/aromatic N) is 2. The summed E-state index contributed by atoms with van der Waals surface area (Å²) in [5, 5.41) is 10.1. The summed E-state index contributed by atoms with van der Waals surface area (Å²) in [6.45, 7) is 0. The summed E-state index contributed by atoms with van der Waals surface area (Å²) in [7, 11) is 0. The van der Waals surface area contributed by atoms with Gasteiger partial charge in [-0.2, -0.15) is 13.2 Å². The molecule has 0 aliphatic carbocycles. The first-order valence-electron chi connectivity index (χ1n) is 3.19. The molecule has 0 amide bonds. The topological polar surface area (TPSA) is 56.0 Å². The number of alkyl halides is 3. The van der Waals surface area contributed by atoms with E-state index in [2.05, 4.69) is 4.98 Å². The van der Waals surface area contributed by atoms with E-state index >= 15 is 0 Å². The zero-order valence-corrected chi connectivity index (χ0v) is 6.38. The lowest BCUT2D eigenvalue weighted by molar-refractivity contribution is -0.388. The first-order chi connectivity index (χ1) is 6.34. The Balaban J connectivity index is 3.45. The van der Waals surface area contributed by atoms with Gasteiger partial charge in [-0.05, 0) is 0 Å². The van der Waals surface area contributed by atoms with Crippen LogP contribution < -0.4 is 0 Å². The smallest absolute Gasteiger partial charge is 0.258 e. The van der Waals surface area contributed by atoms with Gasteiger partial charge in [0.05, 0.1) is 11.1 Å². The number of pyridine rings is 1. The van der Waals surface area contributed by atoms with Gasteiger partial charge in [0.2, 0.25) is 0 Å². The van der Waals surface area contributed by atoms with Crippen molar-refractivity contribution in [1.29, 1.82) is 0 Å². The molecule has 0 atom stereocenters. The first-order valence-corrected chi connectivity index (χ1v) is 3.19. The molecule has 0 bridgehead atoms. The molecule has 0 N–H and O–H groups in total. The number of aromatic nitrogens is 1. The van der Waals surface area contributed by atoms with Gasteiger partial charge in [0.25, 0.3) is 0 Å². The maximum absolute atomic E-state index is 12.6. The highest BCUT2D eigenvalue weighted by Crippen LogP contribution is 2.36. The van der Waals surface area contributed by atoms with Crippen LogP contribution in [-0.2, 0) is 6.18 Å². The third kappa shape index (κ3) is 1.78. The first kappa shape index (κ1) is 10.4. The lowest BCUT2D eigenvalue weighted by Gasteiger charge is -2.06. The standard InChI is InChI=1S/C6H2F4N2O2/c7-3-1-11-2-4(12(13)14)5(3)6(8,9)10/h1-2H. The molecule has 0 radical (unpaired) electrons. The van der Waals surface area contributed by atoms with E-state index in [1.54, 1.807) is 0 Å². The van der Waals surface area contributed by atoms with Crippen molar-refractivity contribution in [3.05, 3.63) is 33.9 Å². The van der Waals surface area contributed by atoms with E-state index in [1.165, 1.54) is 0 Å². The van der Waals surface area contributed by atoms with Crippen molar-refractivity contribution in [2.24, 2.45) is 0 Å². The minimum Gasteiger partial charge on any atom is -0.258 e. The van der Waals surface area contributed by atoms with Gasteiger partial charge in [0, 0.05) is 0 Å². The zero-order chi connectivity index (χ0) is 10.9. The summed E-state index contributed by atoms with van der Waals surface area (Å²) in [6.07, 6.45) is -4.48. The van der Waals surface area contributed by atoms with Crippen LogP contribution in [0, 0.1) is 15.9 Å². The van der Waals surface area contributed by atoms with E-state index in [0.717, 1.165) is 0 Å². The van der Waals surface area contributed by atoms with Crippen molar-refractivity contribution < 1.29 is 22.5 Å². The Kier molecular flexibility index (Phi) is 2.37. The molecule has 0 aromatic carbocycles. The highest BCUT2D eigenvalue weighted by atomic mass is 19.4. The van der Waals surface area contributed by atoms with Crippen molar-refractivity contribution in [3.63, 3.8) is 0 Å². The van der Waals surface area contributed by atoms with Crippen molar-refractivity contribution >= 4 is 5.69 Å². The fraction of sp³-hybridized carbons (Fsp3) is 0.167. The van der Waals surface area contributed by atoms with Crippen LogP contribution in [-0.4, -0.2) is 9.91 Å². The van der Waals surface area contributed by atoms with Gasteiger partial charge >= 0.3 is 11.9 Å². The molecule has 4 nitrogen and oxygen atoms in total. The normalized spacial score (nSPS) is 11.4. The molecule has 0 unspecified atom stereocenters. The maximum atomic E-state index is 12.6. The van der Waals surface area contributed by atoms with E-state index in [9.17, 15) is 27.7 Å². The molecule has 8 heteroatoms. The van der Waals surface area contributed by atoms with Crippen LogP contribution in [0.4, 0.5) is 23.2 Å². The van der Waals surface area contributed by atoms with Crippen molar-refractivity contribution in [2.75, 3.05) is 0 Å². The molecule has 76 valence electrons. The van der Waals surface area contributed by atoms with Crippen LogP contribution in [0.25, 0.3) is 0 Å². The third-order valence-corrected chi connectivity index (χ3v) is 1.36. The average Bonchev–Trinajstić information content (AvgIpc) is 2.01. The zero-order valence-electron chi connectivity index (χ0n) is 6.38. The lowest BCUT2D eigenvalue weighted by Crippen LogP contribution is -2.12. The molecule has 0 fully saturated rings. The van der Waals surface area contributed by atoms with Crippen LogP contribution >= 0.6 is 0 Å². The second-order valence-electron chi connectivity index (χ2n) is 2.27. The quantitative estimate of drug-likeness (QED) is 0.405. The number of nitro groups is 1. The van der Waals surface area contributed by atoms with Crippen molar-refractivity contribution in [2.45, 2.75) is 6.18 Å². The van der Waals surface area contributed by atoms with Crippen molar-refractivity contribution in [1.82, 2.24) is 4.98 Å². The number of rotatable bonds is 1. The van der Waals surface area contributed by atoms with Crippen LogP contribution in [0.3, 0.4) is 0 Å². The fourth-order valence-electron chi connectivity index (χ4n) is 0.844. The summed E-state index contributed by atoms with van der Waals surface area (Å²) in [5.74, 6) is -1.76. The molecule has 0 spiro atoms. The molecule has 0 saturated heterocycles. The Bertz CT molecular complexity index is 377. The summed E-state index contributed by atoms with van der Waals surface area (Å²) >= 11 is 0. The number of hydrogen-bond donors (Lipinski definition) is 0. The molecule has 1 rings (SSSR count). The Morgan fingerprint density at radius 3 is 2.29 bits per heavy atom. The molecule has 0 saturated carbocycles.